The molecule has 3 aromatic rings. The van der Waals surface area contributed by atoms with Crippen molar-refractivity contribution in [2.45, 2.75) is 6.54 Å². The second-order valence-corrected chi connectivity index (χ2v) is 6.03. The highest BCUT2D eigenvalue weighted by Crippen LogP contribution is 2.18. The molecule has 0 amide bonds. The number of rotatable bonds is 4. The standard InChI is InChI=1S/C17H12BrFN2O3/c1-24-16-5-2-10(6-13(16)19)15(22)8-21-9-20-14-4-3-11(18)7-12(14)17(21)23/h2-7,9H,8H2,1H3. The number of carbonyl (C=O) groups is 1. The van der Waals surface area contributed by atoms with E-state index in [2.05, 4.69) is 20.9 Å². The van der Waals surface area contributed by atoms with Crippen molar-refractivity contribution in [1.82, 2.24) is 9.55 Å². The van der Waals surface area contributed by atoms with Crippen molar-refractivity contribution in [3.63, 3.8) is 0 Å². The number of benzene rings is 2. The van der Waals surface area contributed by atoms with Crippen LogP contribution in [0, 0.1) is 5.82 Å². The van der Waals surface area contributed by atoms with Crippen molar-refractivity contribution in [2.75, 3.05) is 7.11 Å². The first-order chi connectivity index (χ1) is 11.5. The largest absolute Gasteiger partial charge is 0.494 e. The quantitative estimate of drug-likeness (QED) is 0.641. The van der Waals surface area contributed by atoms with Gasteiger partial charge in [0.2, 0.25) is 0 Å². The van der Waals surface area contributed by atoms with E-state index in [-0.39, 0.29) is 23.4 Å². The summed E-state index contributed by atoms with van der Waals surface area (Å²) in [7, 11) is 1.35. The fourth-order valence-corrected chi connectivity index (χ4v) is 2.69. The molecule has 3 rings (SSSR count). The second-order valence-electron chi connectivity index (χ2n) is 5.11. The Morgan fingerprint density at radius 3 is 2.79 bits per heavy atom. The normalized spacial score (nSPS) is 10.8. The number of ether oxygens (including phenoxy) is 1. The lowest BCUT2D eigenvalue weighted by Gasteiger charge is -2.08. The molecule has 5 nitrogen and oxygen atoms in total. The first-order valence-electron chi connectivity index (χ1n) is 7.01. The van der Waals surface area contributed by atoms with E-state index in [1.807, 2.05) is 0 Å². The van der Waals surface area contributed by atoms with E-state index in [1.54, 1.807) is 18.2 Å². The zero-order valence-corrected chi connectivity index (χ0v) is 14.2. The molecule has 0 aliphatic heterocycles. The zero-order chi connectivity index (χ0) is 17.3. The maximum absolute atomic E-state index is 13.7. The van der Waals surface area contributed by atoms with Gasteiger partial charge in [-0.15, -0.1) is 0 Å². The van der Waals surface area contributed by atoms with E-state index in [4.69, 9.17) is 4.74 Å². The molecule has 122 valence electrons. The fraction of sp³-hybridized carbons (Fsp3) is 0.118. The number of hydrogen-bond acceptors (Lipinski definition) is 4. The monoisotopic (exact) mass is 390 g/mol. The SMILES string of the molecule is COc1ccc(C(=O)Cn2cnc3ccc(Br)cc3c2=O)cc1F. The summed E-state index contributed by atoms with van der Waals surface area (Å²) in [5.74, 6) is -0.966. The maximum atomic E-state index is 13.7. The Balaban J connectivity index is 1.94. The van der Waals surface area contributed by atoms with E-state index < -0.39 is 11.6 Å². The van der Waals surface area contributed by atoms with Crippen LogP contribution in [-0.4, -0.2) is 22.4 Å². The van der Waals surface area contributed by atoms with E-state index in [9.17, 15) is 14.0 Å². The molecule has 24 heavy (non-hydrogen) atoms. The number of Topliss-reactive ketones (excluding diaryl/α,β-unsaturated/α-hetero) is 1. The van der Waals surface area contributed by atoms with Gasteiger partial charge >= 0.3 is 0 Å². The smallest absolute Gasteiger partial charge is 0.261 e. The number of aromatic nitrogens is 2. The summed E-state index contributed by atoms with van der Waals surface area (Å²) < 4.78 is 20.5. The van der Waals surface area contributed by atoms with Crippen molar-refractivity contribution in [3.8, 4) is 5.75 Å². The summed E-state index contributed by atoms with van der Waals surface area (Å²) in [6.07, 6.45) is 1.32. The third-order valence-electron chi connectivity index (χ3n) is 3.57. The minimum Gasteiger partial charge on any atom is -0.494 e. The third kappa shape index (κ3) is 3.07. The van der Waals surface area contributed by atoms with Crippen LogP contribution >= 0.6 is 15.9 Å². The Hall–Kier alpha value is -2.54. The van der Waals surface area contributed by atoms with Crippen molar-refractivity contribution in [2.24, 2.45) is 0 Å². The van der Waals surface area contributed by atoms with Gasteiger partial charge in [-0.1, -0.05) is 15.9 Å². The fourth-order valence-electron chi connectivity index (χ4n) is 2.33. The number of carbonyl (C=O) groups excluding carboxylic acids is 1. The van der Waals surface area contributed by atoms with E-state index >= 15 is 0 Å². The number of halogens is 2. The van der Waals surface area contributed by atoms with Crippen molar-refractivity contribution < 1.29 is 13.9 Å². The van der Waals surface area contributed by atoms with Crippen LogP contribution in [0.25, 0.3) is 10.9 Å². The van der Waals surface area contributed by atoms with Gasteiger partial charge in [0.1, 0.15) is 0 Å². The van der Waals surface area contributed by atoms with Crippen LogP contribution in [-0.2, 0) is 6.54 Å². The van der Waals surface area contributed by atoms with Crippen LogP contribution in [0.3, 0.4) is 0 Å². The average molecular weight is 391 g/mol. The Kier molecular flexibility index (Phi) is 4.44. The van der Waals surface area contributed by atoms with Crippen LogP contribution in [0.1, 0.15) is 10.4 Å². The predicted octanol–water partition coefficient (Wildman–Crippen LogP) is 3.19. The lowest BCUT2D eigenvalue weighted by atomic mass is 10.1. The van der Waals surface area contributed by atoms with E-state index in [1.165, 1.54) is 30.1 Å². The van der Waals surface area contributed by atoms with Gasteiger partial charge in [-0.25, -0.2) is 9.37 Å². The topological polar surface area (TPSA) is 61.2 Å². The van der Waals surface area contributed by atoms with Crippen LogP contribution in [0.15, 0.2) is 52.0 Å². The summed E-state index contributed by atoms with van der Waals surface area (Å²) >= 11 is 3.30. The van der Waals surface area contributed by atoms with Gasteiger partial charge < -0.3 is 4.74 Å². The molecule has 0 saturated heterocycles. The molecular weight excluding hydrogens is 379 g/mol. The summed E-state index contributed by atoms with van der Waals surface area (Å²) in [5.41, 5.74) is 0.376. The van der Waals surface area contributed by atoms with Gasteiger partial charge in [0, 0.05) is 10.0 Å². The van der Waals surface area contributed by atoms with Gasteiger partial charge in [0.15, 0.2) is 17.3 Å². The molecule has 0 bridgehead atoms. The van der Waals surface area contributed by atoms with Crippen molar-refractivity contribution in [1.29, 1.82) is 0 Å². The minimum absolute atomic E-state index is 0.0564. The van der Waals surface area contributed by atoms with Gasteiger partial charge in [-0.05, 0) is 36.4 Å². The predicted molar refractivity (Wildman–Crippen MR) is 91.0 cm³/mol. The van der Waals surface area contributed by atoms with Crippen molar-refractivity contribution in [3.05, 3.63) is 68.9 Å². The molecule has 2 aromatic carbocycles. The molecule has 0 spiro atoms. The molecule has 0 fully saturated rings. The molecule has 0 atom stereocenters. The molecule has 1 aromatic heterocycles. The molecule has 1 heterocycles. The number of hydrogen-bond donors (Lipinski definition) is 0. The van der Waals surface area contributed by atoms with Crippen LogP contribution in [0.5, 0.6) is 5.75 Å². The minimum atomic E-state index is -0.628. The van der Waals surface area contributed by atoms with Gasteiger partial charge in [0.25, 0.3) is 5.56 Å². The molecule has 0 N–H and O–H groups in total. The first-order valence-corrected chi connectivity index (χ1v) is 7.80. The lowest BCUT2D eigenvalue weighted by molar-refractivity contribution is 0.0970. The number of nitrogens with zero attached hydrogens (tertiary/aromatic N) is 2. The summed E-state index contributed by atoms with van der Waals surface area (Å²) in [6, 6.07) is 9.08. The van der Waals surface area contributed by atoms with E-state index in [0.717, 1.165) is 10.5 Å². The molecule has 0 aliphatic carbocycles. The number of methoxy groups -OCH3 is 1. The Morgan fingerprint density at radius 1 is 1.29 bits per heavy atom. The highest BCUT2D eigenvalue weighted by Gasteiger charge is 2.13. The molecule has 0 radical (unpaired) electrons. The maximum Gasteiger partial charge on any atom is 0.261 e. The Morgan fingerprint density at radius 2 is 2.08 bits per heavy atom. The third-order valence-corrected chi connectivity index (χ3v) is 4.07. The van der Waals surface area contributed by atoms with Crippen LogP contribution in [0.2, 0.25) is 0 Å². The summed E-state index contributed by atoms with van der Waals surface area (Å²) in [6.45, 7) is -0.222. The zero-order valence-electron chi connectivity index (χ0n) is 12.6. The van der Waals surface area contributed by atoms with Gasteiger partial charge in [-0.2, -0.15) is 0 Å². The summed E-state index contributed by atoms with van der Waals surface area (Å²) in [5, 5.41) is 0.403. The molecule has 0 aliphatic rings. The molecule has 0 unspecified atom stereocenters. The molecule has 0 saturated carbocycles. The number of ketones is 1. The van der Waals surface area contributed by atoms with Gasteiger partial charge in [-0.3, -0.25) is 14.2 Å². The van der Waals surface area contributed by atoms with E-state index in [0.29, 0.717) is 10.9 Å². The highest BCUT2D eigenvalue weighted by molar-refractivity contribution is 9.10. The Bertz CT molecular complexity index is 1000. The second kappa shape index (κ2) is 6.52. The summed E-state index contributed by atoms with van der Waals surface area (Å²) in [4.78, 5) is 29.0. The van der Waals surface area contributed by atoms with Crippen LogP contribution < -0.4 is 10.3 Å². The molecular formula is C17H12BrFN2O3. The highest BCUT2D eigenvalue weighted by atomic mass is 79.9. The Labute approximate surface area is 144 Å². The van der Waals surface area contributed by atoms with Crippen LogP contribution in [0.4, 0.5) is 4.39 Å². The van der Waals surface area contributed by atoms with Gasteiger partial charge in [0.05, 0.1) is 30.9 Å². The molecule has 7 heteroatoms. The lowest BCUT2D eigenvalue weighted by Crippen LogP contribution is -2.24. The first kappa shape index (κ1) is 16.3. The van der Waals surface area contributed by atoms with Crippen molar-refractivity contribution >= 4 is 32.6 Å². The number of fused-ring (bicyclic) bond motifs is 1. The average Bonchev–Trinajstić information content (AvgIpc) is 2.57.